The molecule has 0 saturated heterocycles. The fourth-order valence-electron chi connectivity index (χ4n) is 10.6. The lowest BCUT2D eigenvalue weighted by atomic mass is 9.75. The molecule has 0 heterocycles. The number of hydrogen-bond donors (Lipinski definition) is 0. The minimum Gasteiger partial charge on any atom is -0.324 e. The van der Waals surface area contributed by atoms with Gasteiger partial charge in [-0.1, -0.05) is 202 Å². The lowest BCUT2D eigenvalue weighted by molar-refractivity contribution is -0.934. The monoisotopic (exact) mass is 909 g/mol. The Morgan fingerprint density at radius 3 is 0.766 bits per heavy atom. The van der Waals surface area contributed by atoms with E-state index < -0.39 is 0 Å². The molecule has 3 heteroatoms. The van der Waals surface area contributed by atoms with Crippen LogP contribution < -0.4 is 0 Å². The van der Waals surface area contributed by atoms with E-state index in [4.69, 9.17) is 0 Å². The molecule has 0 aliphatic carbocycles. The zero-order valence-electron chi connectivity index (χ0n) is 49.3. The standard InChI is InChI=1S/C24H52N.C20H44N.C17H38N/c1-8-12-17-23(24(5,6)7)18-16-22-25(19-13-9-2,20-14-10-3)21-15-11-4;1-7-10-16-21(17-11-8-2,18-12-9-3)19-14-13-15-20(4,5)6;1-7-10-13-18(14-11-8-2,15-12-9-3)16-17(4,5)6/h23H,8-22H2,1-7H3;7-19H2,1-6H3;7-16H2,1-6H3/q3*+1. The van der Waals surface area contributed by atoms with Crippen molar-refractivity contribution in [2.45, 2.75) is 298 Å². The van der Waals surface area contributed by atoms with Gasteiger partial charge >= 0.3 is 0 Å². The molecule has 0 aromatic heterocycles. The molecular weight excluding hydrogens is 775 g/mol. The van der Waals surface area contributed by atoms with E-state index in [9.17, 15) is 0 Å². The van der Waals surface area contributed by atoms with Crippen molar-refractivity contribution in [1.29, 1.82) is 0 Å². The van der Waals surface area contributed by atoms with Crippen molar-refractivity contribution in [3.05, 3.63) is 0 Å². The average molecular weight is 910 g/mol. The highest BCUT2D eigenvalue weighted by Gasteiger charge is 2.32. The molecule has 0 aromatic rings. The first kappa shape index (κ1) is 68.1. The first-order chi connectivity index (χ1) is 30.1. The minimum atomic E-state index is 0.454. The Balaban J connectivity index is -0.000000885. The normalized spacial score (nSPS) is 13.4. The van der Waals surface area contributed by atoms with Gasteiger partial charge in [-0.2, -0.15) is 0 Å². The summed E-state index contributed by atoms with van der Waals surface area (Å²) in [5, 5.41) is 0. The van der Waals surface area contributed by atoms with Crippen LogP contribution in [-0.2, 0) is 0 Å². The molecule has 0 aliphatic heterocycles. The Labute approximate surface area is 411 Å². The summed E-state index contributed by atoms with van der Waals surface area (Å²) >= 11 is 0. The van der Waals surface area contributed by atoms with Crippen LogP contribution in [0.3, 0.4) is 0 Å². The van der Waals surface area contributed by atoms with Gasteiger partial charge in [0.2, 0.25) is 0 Å². The molecule has 0 saturated carbocycles. The summed E-state index contributed by atoms with van der Waals surface area (Å²) in [4.78, 5) is 0. The summed E-state index contributed by atoms with van der Waals surface area (Å²) in [6.07, 6.45) is 36.0. The van der Waals surface area contributed by atoms with Crippen molar-refractivity contribution in [3.8, 4) is 0 Å². The second kappa shape index (κ2) is 40.7. The molecule has 64 heavy (non-hydrogen) atoms. The predicted octanol–water partition coefficient (Wildman–Crippen LogP) is 19.5. The van der Waals surface area contributed by atoms with Gasteiger partial charge in [0.15, 0.2) is 0 Å². The maximum Gasteiger partial charge on any atom is 0.0835 e. The molecule has 0 fully saturated rings. The van der Waals surface area contributed by atoms with Gasteiger partial charge in [0.25, 0.3) is 0 Å². The van der Waals surface area contributed by atoms with Gasteiger partial charge in [0.1, 0.15) is 0 Å². The zero-order chi connectivity index (χ0) is 49.4. The van der Waals surface area contributed by atoms with Crippen LogP contribution in [-0.4, -0.2) is 92.0 Å². The highest BCUT2D eigenvalue weighted by atomic mass is 15.4. The molecule has 0 aliphatic rings. The van der Waals surface area contributed by atoms with Crippen molar-refractivity contribution >= 4 is 0 Å². The topological polar surface area (TPSA) is 0 Å². The molecule has 390 valence electrons. The summed E-state index contributed by atoms with van der Waals surface area (Å²) in [5.41, 5.74) is 1.43. The van der Waals surface area contributed by atoms with Crippen molar-refractivity contribution in [3.63, 3.8) is 0 Å². The second-order valence-corrected chi connectivity index (χ2v) is 25.3. The molecule has 3 nitrogen and oxygen atoms in total. The third-order valence-corrected chi connectivity index (χ3v) is 14.8. The molecular formula is C61H134N3+3. The third-order valence-electron chi connectivity index (χ3n) is 14.8. The van der Waals surface area contributed by atoms with Crippen molar-refractivity contribution in [2.75, 3.05) is 78.5 Å². The molecule has 0 rings (SSSR count). The third kappa shape index (κ3) is 38.8. The summed E-state index contributed by atoms with van der Waals surface area (Å²) < 4.78 is 4.21. The number of unbranched alkanes of at least 4 members (excludes halogenated alkanes) is 11. The number of rotatable bonds is 39. The molecule has 0 amide bonds. The van der Waals surface area contributed by atoms with Crippen molar-refractivity contribution < 1.29 is 13.4 Å². The Bertz CT molecular complexity index is 883. The molecule has 0 spiro atoms. The van der Waals surface area contributed by atoms with Crippen LogP contribution in [0.15, 0.2) is 0 Å². The van der Waals surface area contributed by atoms with Gasteiger partial charge in [-0.05, 0) is 113 Å². The van der Waals surface area contributed by atoms with E-state index in [1.807, 2.05) is 0 Å². The maximum atomic E-state index is 2.46. The van der Waals surface area contributed by atoms with E-state index in [0.717, 1.165) is 5.92 Å². The van der Waals surface area contributed by atoms with Crippen LogP contribution in [0, 0.1) is 22.2 Å². The first-order valence-electron chi connectivity index (χ1n) is 29.7. The summed E-state index contributed by atoms with van der Waals surface area (Å²) in [7, 11) is 0. The fraction of sp³-hybridized carbons (Fsp3) is 1.00. The molecule has 0 bridgehead atoms. The Morgan fingerprint density at radius 1 is 0.266 bits per heavy atom. The number of nitrogens with zero attached hydrogens (tertiary/aromatic N) is 3. The van der Waals surface area contributed by atoms with Gasteiger partial charge < -0.3 is 13.4 Å². The second-order valence-electron chi connectivity index (χ2n) is 25.3. The van der Waals surface area contributed by atoms with Crippen molar-refractivity contribution in [2.24, 2.45) is 22.2 Å². The van der Waals surface area contributed by atoms with Crippen LogP contribution in [0.4, 0.5) is 0 Å². The Hall–Kier alpha value is -0.120. The summed E-state index contributed by atoms with van der Waals surface area (Å²) in [6, 6.07) is 0. The van der Waals surface area contributed by atoms with Crippen LogP contribution in [0.5, 0.6) is 0 Å². The molecule has 1 unspecified atom stereocenters. The minimum absolute atomic E-state index is 0.454. The lowest BCUT2D eigenvalue weighted by Crippen LogP contribution is -2.54. The zero-order valence-corrected chi connectivity index (χ0v) is 49.3. The van der Waals surface area contributed by atoms with E-state index in [1.54, 1.807) is 0 Å². The first-order valence-corrected chi connectivity index (χ1v) is 29.7. The molecule has 0 aromatic carbocycles. The van der Waals surface area contributed by atoms with E-state index in [-0.39, 0.29) is 0 Å². The molecule has 0 N–H and O–H groups in total. The largest absolute Gasteiger partial charge is 0.324 e. The van der Waals surface area contributed by atoms with E-state index in [1.165, 1.54) is 259 Å². The van der Waals surface area contributed by atoms with Crippen LogP contribution >= 0.6 is 0 Å². The van der Waals surface area contributed by atoms with E-state index in [0.29, 0.717) is 16.2 Å². The van der Waals surface area contributed by atoms with E-state index in [2.05, 4.69) is 132 Å². The van der Waals surface area contributed by atoms with E-state index >= 15 is 0 Å². The van der Waals surface area contributed by atoms with Crippen LogP contribution in [0.2, 0.25) is 0 Å². The Kier molecular flexibility index (Phi) is 43.4. The predicted molar refractivity (Wildman–Crippen MR) is 298 cm³/mol. The fourth-order valence-corrected chi connectivity index (χ4v) is 10.6. The number of hydrogen-bond acceptors (Lipinski definition) is 0. The quantitative estimate of drug-likeness (QED) is 0.0426. The van der Waals surface area contributed by atoms with Gasteiger partial charge in [-0.15, -0.1) is 0 Å². The smallest absolute Gasteiger partial charge is 0.0835 e. The number of quaternary nitrogens is 3. The van der Waals surface area contributed by atoms with Crippen LogP contribution in [0.1, 0.15) is 298 Å². The van der Waals surface area contributed by atoms with Gasteiger partial charge in [0, 0.05) is 5.41 Å². The summed E-state index contributed by atoms with van der Waals surface area (Å²) in [6.45, 7) is 62.1. The molecule has 0 radical (unpaired) electrons. The van der Waals surface area contributed by atoms with Crippen LogP contribution in [0.25, 0.3) is 0 Å². The lowest BCUT2D eigenvalue weighted by Gasteiger charge is -2.43. The van der Waals surface area contributed by atoms with Gasteiger partial charge in [-0.3, -0.25) is 0 Å². The highest BCUT2D eigenvalue weighted by Crippen LogP contribution is 2.34. The summed E-state index contributed by atoms with van der Waals surface area (Å²) in [5.74, 6) is 0.901. The SMILES string of the molecule is CCCCC(CCC[N+](CCCC)(CCCC)CCCC)C(C)(C)C.CCCC[N+](CCCC)(CCCC)CC(C)(C)C.CCCC[N+](CCCC)(CCCC)CCCCC(C)(C)C. The Morgan fingerprint density at radius 2 is 0.516 bits per heavy atom. The average Bonchev–Trinajstić information content (AvgIpc) is 3.23. The van der Waals surface area contributed by atoms with Gasteiger partial charge in [0.05, 0.1) is 78.5 Å². The maximum absolute atomic E-state index is 2.46. The molecule has 1 atom stereocenters. The van der Waals surface area contributed by atoms with Crippen molar-refractivity contribution in [1.82, 2.24) is 0 Å². The van der Waals surface area contributed by atoms with Gasteiger partial charge in [-0.25, -0.2) is 0 Å². The highest BCUT2D eigenvalue weighted by molar-refractivity contribution is 4.74.